The van der Waals surface area contributed by atoms with Crippen LogP contribution in [-0.4, -0.2) is 14.4 Å². The van der Waals surface area contributed by atoms with Crippen molar-refractivity contribution in [1.82, 2.24) is 9.55 Å². The molecule has 0 amide bonds. The summed E-state index contributed by atoms with van der Waals surface area (Å²) in [5.74, 6) is 2.08. The lowest BCUT2D eigenvalue weighted by atomic mass is 9.86. The van der Waals surface area contributed by atoms with E-state index in [4.69, 9.17) is 0 Å². The van der Waals surface area contributed by atoms with Gasteiger partial charge in [0.25, 0.3) is 0 Å². The lowest BCUT2D eigenvalue weighted by molar-refractivity contribution is 0.352. The number of nitrogens with zero attached hydrogens (tertiary/aromatic N) is 2. The van der Waals surface area contributed by atoms with E-state index < -0.39 is 0 Å². The number of hydrogen-bond acceptors (Lipinski definition) is 1. The van der Waals surface area contributed by atoms with Crippen molar-refractivity contribution in [3.63, 3.8) is 0 Å². The van der Waals surface area contributed by atoms with Crippen molar-refractivity contribution in [1.29, 1.82) is 0 Å². The maximum Gasteiger partial charge on any atom is 0.108 e. The van der Waals surface area contributed by atoms with Crippen molar-refractivity contribution in [2.45, 2.75) is 43.4 Å². The van der Waals surface area contributed by atoms with E-state index in [1.807, 2.05) is 12.4 Å². The van der Waals surface area contributed by atoms with Gasteiger partial charge in [0.2, 0.25) is 0 Å². The van der Waals surface area contributed by atoms with Crippen LogP contribution in [0.1, 0.15) is 37.9 Å². The van der Waals surface area contributed by atoms with Gasteiger partial charge < -0.3 is 4.57 Å². The van der Waals surface area contributed by atoms with Crippen molar-refractivity contribution < 1.29 is 0 Å². The maximum absolute atomic E-state index is 4.37. The first-order valence-electron chi connectivity index (χ1n) is 5.87. The largest absolute Gasteiger partial charge is 0.338 e. The van der Waals surface area contributed by atoms with Gasteiger partial charge in [-0.1, -0.05) is 28.8 Å². The monoisotopic (exact) mass is 270 g/mol. The van der Waals surface area contributed by atoms with Gasteiger partial charge in [0, 0.05) is 30.7 Å². The molecule has 1 fully saturated rings. The van der Waals surface area contributed by atoms with Gasteiger partial charge in [0.15, 0.2) is 0 Å². The van der Waals surface area contributed by atoms with Crippen molar-refractivity contribution >= 4 is 15.9 Å². The van der Waals surface area contributed by atoms with Crippen LogP contribution in [0.5, 0.6) is 0 Å². The Kier molecular flexibility index (Phi) is 3.84. The molecule has 15 heavy (non-hydrogen) atoms. The Bertz CT molecular complexity index is 308. The van der Waals surface area contributed by atoms with Gasteiger partial charge in [0.05, 0.1) is 0 Å². The number of aryl methyl sites for hydroxylation is 2. The SMILES string of the molecule is Cn1ccnc1CCC1CCCCC1Br. The molecule has 1 heterocycles. The van der Waals surface area contributed by atoms with E-state index in [2.05, 4.69) is 32.5 Å². The normalized spacial score (nSPS) is 26.8. The summed E-state index contributed by atoms with van der Waals surface area (Å²) in [6, 6.07) is 0. The van der Waals surface area contributed by atoms with E-state index in [0.29, 0.717) is 0 Å². The third-order valence-electron chi connectivity index (χ3n) is 3.48. The van der Waals surface area contributed by atoms with Crippen LogP contribution in [0.2, 0.25) is 0 Å². The molecule has 0 N–H and O–H groups in total. The molecule has 1 aromatic rings. The Hall–Kier alpha value is -0.310. The molecule has 2 atom stereocenters. The minimum atomic E-state index is 0.742. The van der Waals surface area contributed by atoms with Gasteiger partial charge in [0.1, 0.15) is 5.82 Å². The second-order valence-electron chi connectivity index (χ2n) is 4.55. The number of aromatic nitrogens is 2. The highest BCUT2D eigenvalue weighted by Crippen LogP contribution is 2.32. The summed E-state index contributed by atoms with van der Waals surface area (Å²) < 4.78 is 2.13. The molecule has 0 bridgehead atoms. The molecular weight excluding hydrogens is 252 g/mol. The quantitative estimate of drug-likeness (QED) is 0.771. The molecule has 2 rings (SSSR count). The predicted octanol–water partition coefficient (Wildman–Crippen LogP) is 3.31. The van der Waals surface area contributed by atoms with Gasteiger partial charge in [-0.25, -0.2) is 4.98 Å². The van der Waals surface area contributed by atoms with E-state index >= 15 is 0 Å². The maximum atomic E-state index is 4.37. The average molecular weight is 271 g/mol. The zero-order valence-corrected chi connectivity index (χ0v) is 10.9. The highest BCUT2D eigenvalue weighted by molar-refractivity contribution is 9.09. The van der Waals surface area contributed by atoms with Crippen LogP contribution >= 0.6 is 15.9 Å². The molecule has 0 aliphatic heterocycles. The molecule has 0 aromatic carbocycles. The summed E-state index contributed by atoms with van der Waals surface area (Å²) in [4.78, 5) is 5.12. The number of imidazole rings is 1. The summed E-state index contributed by atoms with van der Waals surface area (Å²) in [6.07, 6.45) is 11.9. The first kappa shape index (κ1) is 11.2. The Balaban J connectivity index is 1.84. The third kappa shape index (κ3) is 2.83. The van der Waals surface area contributed by atoms with Crippen molar-refractivity contribution in [2.24, 2.45) is 13.0 Å². The van der Waals surface area contributed by atoms with Gasteiger partial charge in [-0.15, -0.1) is 0 Å². The first-order chi connectivity index (χ1) is 7.27. The number of halogens is 1. The van der Waals surface area contributed by atoms with Crippen LogP contribution in [-0.2, 0) is 13.5 Å². The van der Waals surface area contributed by atoms with Crippen LogP contribution in [0, 0.1) is 5.92 Å². The van der Waals surface area contributed by atoms with E-state index in [9.17, 15) is 0 Å². The van der Waals surface area contributed by atoms with Crippen molar-refractivity contribution in [3.8, 4) is 0 Å². The number of rotatable bonds is 3. The Labute approximate surface area is 100 Å². The van der Waals surface area contributed by atoms with E-state index in [1.165, 1.54) is 37.9 Å². The first-order valence-corrected chi connectivity index (χ1v) is 6.79. The van der Waals surface area contributed by atoms with Crippen LogP contribution in [0.4, 0.5) is 0 Å². The fourth-order valence-corrected chi connectivity index (χ4v) is 3.29. The van der Waals surface area contributed by atoms with Gasteiger partial charge in [-0.3, -0.25) is 0 Å². The average Bonchev–Trinajstić information content (AvgIpc) is 2.63. The molecule has 84 valence electrons. The summed E-state index contributed by atoms with van der Waals surface area (Å²) >= 11 is 3.81. The molecule has 2 unspecified atom stereocenters. The fourth-order valence-electron chi connectivity index (χ4n) is 2.44. The molecule has 1 saturated carbocycles. The summed E-state index contributed by atoms with van der Waals surface area (Å²) in [7, 11) is 2.08. The molecular formula is C12H19BrN2. The second-order valence-corrected chi connectivity index (χ2v) is 5.73. The lowest BCUT2D eigenvalue weighted by Gasteiger charge is -2.27. The Morgan fingerprint density at radius 1 is 1.47 bits per heavy atom. The molecule has 3 heteroatoms. The highest BCUT2D eigenvalue weighted by atomic mass is 79.9. The van der Waals surface area contributed by atoms with Gasteiger partial charge in [-0.05, 0) is 25.2 Å². The standard InChI is InChI=1S/C12H19BrN2/c1-15-9-8-14-12(15)7-6-10-4-2-3-5-11(10)13/h8-11H,2-7H2,1H3. The summed E-state index contributed by atoms with van der Waals surface area (Å²) in [5, 5.41) is 0. The van der Waals surface area contributed by atoms with Crippen LogP contribution in [0.15, 0.2) is 12.4 Å². The van der Waals surface area contributed by atoms with Crippen molar-refractivity contribution in [2.75, 3.05) is 0 Å². The van der Waals surface area contributed by atoms with E-state index in [-0.39, 0.29) is 0 Å². The van der Waals surface area contributed by atoms with Gasteiger partial charge in [-0.2, -0.15) is 0 Å². The minimum absolute atomic E-state index is 0.742. The van der Waals surface area contributed by atoms with Crippen molar-refractivity contribution in [3.05, 3.63) is 18.2 Å². The molecule has 0 spiro atoms. The molecule has 1 aliphatic carbocycles. The Morgan fingerprint density at radius 3 is 2.93 bits per heavy atom. The fraction of sp³-hybridized carbons (Fsp3) is 0.750. The second kappa shape index (κ2) is 5.15. The smallest absolute Gasteiger partial charge is 0.108 e. The minimum Gasteiger partial charge on any atom is -0.338 e. The number of hydrogen-bond donors (Lipinski definition) is 0. The highest BCUT2D eigenvalue weighted by Gasteiger charge is 2.22. The summed E-state index contributed by atoms with van der Waals surface area (Å²) in [5.41, 5.74) is 0. The molecule has 1 aliphatic rings. The lowest BCUT2D eigenvalue weighted by Crippen LogP contribution is -2.20. The van der Waals surface area contributed by atoms with Crippen LogP contribution in [0.25, 0.3) is 0 Å². The molecule has 0 saturated heterocycles. The Morgan fingerprint density at radius 2 is 2.27 bits per heavy atom. The topological polar surface area (TPSA) is 17.8 Å². The van der Waals surface area contributed by atoms with E-state index in [1.54, 1.807) is 0 Å². The zero-order valence-electron chi connectivity index (χ0n) is 9.32. The van der Waals surface area contributed by atoms with Gasteiger partial charge >= 0.3 is 0 Å². The number of alkyl halides is 1. The summed E-state index contributed by atoms with van der Waals surface area (Å²) in [6.45, 7) is 0. The predicted molar refractivity (Wildman–Crippen MR) is 66.2 cm³/mol. The van der Waals surface area contributed by atoms with Crippen LogP contribution in [0.3, 0.4) is 0 Å². The third-order valence-corrected chi connectivity index (χ3v) is 4.68. The zero-order chi connectivity index (χ0) is 10.7. The molecule has 1 aromatic heterocycles. The molecule has 0 radical (unpaired) electrons. The van der Waals surface area contributed by atoms with Crippen LogP contribution < -0.4 is 0 Å². The van der Waals surface area contributed by atoms with E-state index in [0.717, 1.165) is 17.2 Å². The molecule has 2 nitrogen and oxygen atoms in total.